The van der Waals surface area contributed by atoms with Gasteiger partial charge in [-0.25, -0.2) is 9.97 Å². The van der Waals surface area contributed by atoms with Gasteiger partial charge in [-0.3, -0.25) is 4.98 Å². The van der Waals surface area contributed by atoms with Crippen LogP contribution in [0.25, 0.3) is 11.3 Å². The second kappa shape index (κ2) is 8.28. The summed E-state index contributed by atoms with van der Waals surface area (Å²) in [6, 6.07) is 13.5. The van der Waals surface area contributed by atoms with Crippen molar-refractivity contribution in [3.05, 3.63) is 65.7 Å². The van der Waals surface area contributed by atoms with Crippen LogP contribution >= 0.6 is 0 Å². The van der Waals surface area contributed by atoms with Crippen LogP contribution in [0.2, 0.25) is 0 Å². The molecule has 0 aliphatic heterocycles. The van der Waals surface area contributed by atoms with Crippen LogP contribution in [-0.4, -0.2) is 28.6 Å². The number of methoxy groups -OCH3 is 1. The van der Waals surface area contributed by atoms with Crippen molar-refractivity contribution in [3.8, 4) is 23.1 Å². The molecular weight excluding hydrogens is 338 g/mol. The molecule has 0 radical (unpaired) electrons. The van der Waals surface area contributed by atoms with Gasteiger partial charge in [-0.05, 0) is 36.8 Å². The number of nitrogens with one attached hydrogen (secondary N) is 1. The van der Waals surface area contributed by atoms with Crippen molar-refractivity contribution >= 4 is 5.82 Å². The Labute approximate surface area is 158 Å². The molecule has 136 valence electrons. The number of hydrogen-bond acceptors (Lipinski definition) is 6. The zero-order chi connectivity index (χ0) is 19.2. The third kappa shape index (κ3) is 4.39. The first-order valence-corrected chi connectivity index (χ1v) is 8.67. The van der Waals surface area contributed by atoms with Crippen molar-refractivity contribution in [1.82, 2.24) is 15.0 Å². The fourth-order valence-electron chi connectivity index (χ4n) is 2.79. The average molecular weight is 359 g/mol. The summed E-state index contributed by atoms with van der Waals surface area (Å²) < 4.78 is 5.44. The maximum Gasteiger partial charge on any atom is 0.129 e. The molecule has 1 atom stereocenters. The number of anilines is 1. The average Bonchev–Trinajstić information content (AvgIpc) is 2.72. The second-order valence-corrected chi connectivity index (χ2v) is 6.33. The highest BCUT2D eigenvalue weighted by Gasteiger charge is 2.13. The van der Waals surface area contributed by atoms with E-state index in [2.05, 4.69) is 33.3 Å². The molecule has 1 aromatic carbocycles. The summed E-state index contributed by atoms with van der Waals surface area (Å²) >= 11 is 0. The molecule has 6 heteroatoms. The van der Waals surface area contributed by atoms with Crippen LogP contribution in [0, 0.1) is 18.3 Å². The SMILES string of the molecule is COc1cc(C#N)ccc1C(C)CNc1cc(-c2ccc(C)nc2)ncn1. The van der Waals surface area contributed by atoms with Gasteiger partial charge < -0.3 is 10.1 Å². The van der Waals surface area contributed by atoms with Crippen molar-refractivity contribution < 1.29 is 4.74 Å². The normalized spacial score (nSPS) is 11.5. The Morgan fingerprint density at radius 2 is 2.00 bits per heavy atom. The van der Waals surface area contributed by atoms with E-state index < -0.39 is 0 Å². The van der Waals surface area contributed by atoms with E-state index in [1.807, 2.05) is 43.5 Å². The second-order valence-electron chi connectivity index (χ2n) is 6.33. The van der Waals surface area contributed by atoms with Crippen LogP contribution in [0.1, 0.15) is 29.7 Å². The summed E-state index contributed by atoms with van der Waals surface area (Å²) in [7, 11) is 1.62. The molecule has 0 saturated heterocycles. The highest BCUT2D eigenvalue weighted by atomic mass is 16.5. The Balaban J connectivity index is 1.72. The number of ether oxygens (including phenoxy) is 1. The smallest absolute Gasteiger partial charge is 0.129 e. The minimum absolute atomic E-state index is 0.173. The number of benzene rings is 1. The number of pyridine rings is 1. The van der Waals surface area contributed by atoms with Gasteiger partial charge in [0, 0.05) is 36.0 Å². The van der Waals surface area contributed by atoms with Crippen molar-refractivity contribution in [1.29, 1.82) is 5.26 Å². The highest BCUT2D eigenvalue weighted by Crippen LogP contribution is 2.28. The van der Waals surface area contributed by atoms with Crippen LogP contribution in [0.4, 0.5) is 5.82 Å². The van der Waals surface area contributed by atoms with Crippen molar-refractivity contribution in [2.75, 3.05) is 19.0 Å². The Kier molecular flexibility index (Phi) is 5.62. The van der Waals surface area contributed by atoms with Gasteiger partial charge >= 0.3 is 0 Å². The zero-order valence-corrected chi connectivity index (χ0v) is 15.6. The molecule has 2 heterocycles. The number of aryl methyl sites for hydroxylation is 1. The quantitative estimate of drug-likeness (QED) is 0.717. The van der Waals surface area contributed by atoms with E-state index in [1.165, 1.54) is 0 Å². The van der Waals surface area contributed by atoms with Crippen LogP contribution in [0.5, 0.6) is 5.75 Å². The molecule has 0 saturated carbocycles. The monoisotopic (exact) mass is 359 g/mol. The molecule has 6 nitrogen and oxygen atoms in total. The lowest BCUT2D eigenvalue weighted by Crippen LogP contribution is -2.12. The van der Waals surface area contributed by atoms with Gasteiger partial charge in [0.25, 0.3) is 0 Å². The third-order valence-electron chi connectivity index (χ3n) is 4.36. The maximum atomic E-state index is 9.04. The first kappa shape index (κ1) is 18.3. The molecule has 0 spiro atoms. The number of nitrogens with zero attached hydrogens (tertiary/aromatic N) is 4. The number of hydrogen-bond donors (Lipinski definition) is 1. The Morgan fingerprint density at radius 3 is 2.70 bits per heavy atom. The molecule has 0 amide bonds. The van der Waals surface area contributed by atoms with Gasteiger partial charge in [-0.1, -0.05) is 13.0 Å². The van der Waals surface area contributed by atoms with Crippen LogP contribution in [-0.2, 0) is 0 Å². The highest BCUT2D eigenvalue weighted by molar-refractivity contribution is 5.61. The van der Waals surface area contributed by atoms with E-state index in [0.29, 0.717) is 12.1 Å². The maximum absolute atomic E-state index is 9.04. The lowest BCUT2D eigenvalue weighted by Gasteiger charge is -2.17. The Hall–Kier alpha value is -3.46. The zero-order valence-electron chi connectivity index (χ0n) is 15.6. The van der Waals surface area contributed by atoms with E-state index in [9.17, 15) is 0 Å². The molecular formula is C21H21N5O. The fraction of sp³-hybridized carbons (Fsp3) is 0.238. The number of nitriles is 1. The Morgan fingerprint density at radius 1 is 1.15 bits per heavy atom. The van der Waals surface area contributed by atoms with Gasteiger partial charge in [0.05, 0.1) is 24.4 Å². The molecule has 0 aliphatic rings. The lowest BCUT2D eigenvalue weighted by atomic mass is 9.98. The standard InChI is InChI=1S/C21H21N5O/c1-14(18-7-5-16(10-22)8-20(18)27-3)11-24-21-9-19(25-13-26-21)17-6-4-15(2)23-12-17/h4-9,12-14H,11H2,1-3H3,(H,24,25,26). The largest absolute Gasteiger partial charge is 0.496 e. The van der Waals surface area contributed by atoms with Crippen molar-refractivity contribution in [2.24, 2.45) is 0 Å². The van der Waals surface area contributed by atoms with Gasteiger partial charge in [0.2, 0.25) is 0 Å². The predicted octanol–water partition coefficient (Wildman–Crippen LogP) is 3.94. The lowest BCUT2D eigenvalue weighted by molar-refractivity contribution is 0.407. The molecule has 0 aliphatic carbocycles. The van der Waals surface area contributed by atoms with E-state index in [0.717, 1.165) is 34.1 Å². The molecule has 2 aromatic heterocycles. The van der Waals surface area contributed by atoms with Crippen LogP contribution < -0.4 is 10.1 Å². The first-order valence-electron chi connectivity index (χ1n) is 8.67. The third-order valence-corrected chi connectivity index (χ3v) is 4.36. The van der Waals surface area contributed by atoms with E-state index in [4.69, 9.17) is 10.00 Å². The van der Waals surface area contributed by atoms with Crippen LogP contribution in [0.15, 0.2) is 48.9 Å². The summed E-state index contributed by atoms with van der Waals surface area (Å²) in [5.41, 5.74) is 4.37. The summed E-state index contributed by atoms with van der Waals surface area (Å²) in [4.78, 5) is 12.9. The summed E-state index contributed by atoms with van der Waals surface area (Å²) in [6.07, 6.45) is 3.36. The van der Waals surface area contributed by atoms with Crippen LogP contribution in [0.3, 0.4) is 0 Å². The van der Waals surface area contributed by atoms with Crippen molar-refractivity contribution in [3.63, 3.8) is 0 Å². The topological polar surface area (TPSA) is 83.7 Å². The minimum Gasteiger partial charge on any atom is -0.496 e. The first-order chi connectivity index (χ1) is 13.1. The summed E-state index contributed by atoms with van der Waals surface area (Å²) in [6.45, 7) is 4.73. The molecule has 3 aromatic rings. The predicted molar refractivity (Wildman–Crippen MR) is 105 cm³/mol. The summed E-state index contributed by atoms with van der Waals surface area (Å²) in [5.74, 6) is 1.64. The molecule has 0 bridgehead atoms. The van der Waals surface area contributed by atoms with Gasteiger partial charge in [-0.15, -0.1) is 0 Å². The van der Waals surface area contributed by atoms with Gasteiger partial charge in [0.1, 0.15) is 17.9 Å². The van der Waals surface area contributed by atoms with E-state index >= 15 is 0 Å². The summed E-state index contributed by atoms with van der Waals surface area (Å²) in [5, 5.41) is 12.4. The van der Waals surface area contributed by atoms with E-state index in [-0.39, 0.29) is 5.92 Å². The van der Waals surface area contributed by atoms with E-state index in [1.54, 1.807) is 19.5 Å². The molecule has 27 heavy (non-hydrogen) atoms. The molecule has 1 N–H and O–H groups in total. The molecule has 1 unspecified atom stereocenters. The fourth-order valence-corrected chi connectivity index (χ4v) is 2.79. The van der Waals surface area contributed by atoms with Crippen molar-refractivity contribution in [2.45, 2.75) is 19.8 Å². The minimum atomic E-state index is 0.173. The van der Waals surface area contributed by atoms with Gasteiger partial charge in [-0.2, -0.15) is 5.26 Å². The number of rotatable bonds is 6. The number of aromatic nitrogens is 3. The molecule has 3 rings (SSSR count). The molecule has 0 fully saturated rings. The van der Waals surface area contributed by atoms with Gasteiger partial charge in [0.15, 0.2) is 0 Å². The Bertz CT molecular complexity index is 963.